The lowest BCUT2D eigenvalue weighted by Crippen LogP contribution is -2.43. The highest BCUT2D eigenvalue weighted by atomic mass is 32.2. The minimum Gasteiger partial charge on any atom is -0.444 e. The number of thioether (sulfide) groups is 1. The van der Waals surface area contributed by atoms with E-state index in [1.165, 1.54) is 12.1 Å². The SMILES string of the molecule is CC(C)(C)OC(=O)N1CCCC(Sc2ccc(F)cc2)C1. The van der Waals surface area contributed by atoms with Crippen LogP contribution in [-0.4, -0.2) is 34.9 Å². The first-order chi connectivity index (χ1) is 9.83. The van der Waals surface area contributed by atoms with Crippen molar-refractivity contribution in [3.63, 3.8) is 0 Å². The van der Waals surface area contributed by atoms with Crippen LogP contribution in [-0.2, 0) is 4.74 Å². The Bertz CT molecular complexity index is 484. The fourth-order valence-electron chi connectivity index (χ4n) is 2.23. The third kappa shape index (κ3) is 5.23. The molecule has 0 radical (unpaired) electrons. The van der Waals surface area contributed by atoms with Gasteiger partial charge in [-0.2, -0.15) is 0 Å². The van der Waals surface area contributed by atoms with Crippen molar-refractivity contribution >= 4 is 17.9 Å². The number of nitrogens with zero attached hydrogens (tertiary/aromatic N) is 1. The monoisotopic (exact) mass is 311 g/mol. The molecule has 1 heterocycles. The van der Waals surface area contributed by atoms with Gasteiger partial charge in [0.15, 0.2) is 0 Å². The smallest absolute Gasteiger partial charge is 0.410 e. The molecule has 0 N–H and O–H groups in total. The molecular formula is C16H22FNO2S. The molecule has 2 rings (SSSR count). The van der Waals surface area contributed by atoms with Crippen molar-refractivity contribution in [2.45, 2.75) is 49.4 Å². The summed E-state index contributed by atoms with van der Waals surface area (Å²) in [7, 11) is 0. The van der Waals surface area contributed by atoms with Crippen LogP contribution in [0.4, 0.5) is 9.18 Å². The number of benzene rings is 1. The Morgan fingerprint density at radius 3 is 2.62 bits per heavy atom. The average Bonchev–Trinajstić information content (AvgIpc) is 2.40. The first-order valence-electron chi connectivity index (χ1n) is 7.24. The molecule has 0 aliphatic carbocycles. The second-order valence-corrected chi connectivity index (χ2v) is 7.64. The Labute approximate surface area is 129 Å². The van der Waals surface area contributed by atoms with E-state index in [-0.39, 0.29) is 11.9 Å². The molecule has 1 unspecified atom stereocenters. The van der Waals surface area contributed by atoms with Gasteiger partial charge in [-0.3, -0.25) is 0 Å². The third-order valence-corrected chi connectivity index (χ3v) is 4.41. The number of carbonyl (C=O) groups excluding carboxylic acids is 1. The summed E-state index contributed by atoms with van der Waals surface area (Å²) < 4.78 is 18.3. The Kier molecular flexibility index (Phi) is 5.14. The van der Waals surface area contributed by atoms with Crippen LogP contribution < -0.4 is 0 Å². The lowest BCUT2D eigenvalue weighted by Gasteiger charge is -2.33. The maximum atomic E-state index is 12.9. The van der Waals surface area contributed by atoms with Gasteiger partial charge in [0.05, 0.1) is 0 Å². The summed E-state index contributed by atoms with van der Waals surface area (Å²) in [5.74, 6) is -0.224. The van der Waals surface area contributed by atoms with Crippen molar-refractivity contribution in [3.05, 3.63) is 30.1 Å². The summed E-state index contributed by atoms with van der Waals surface area (Å²) in [6, 6.07) is 6.51. The van der Waals surface area contributed by atoms with Gasteiger partial charge >= 0.3 is 6.09 Å². The van der Waals surface area contributed by atoms with Crippen molar-refractivity contribution in [1.29, 1.82) is 0 Å². The van der Waals surface area contributed by atoms with E-state index in [2.05, 4.69) is 0 Å². The summed E-state index contributed by atoms with van der Waals surface area (Å²) >= 11 is 1.70. The third-order valence-electron chi connectivity index (χ3n) is 3.15. The van der Waals surface area contributed by atoms with E-state index < -0.39 is 5.60 Å². The summed E-state index contributed by atoms with van der Waals surface area (Å²) in [6.45, 7) is 7.05. The zero-order valence-electron chi connectivity index (χ0n) is 12.8. The predicted octanol–water partition coefficient (Wildman–Crippen LogP) is 4.32. The lowest BCUT2D eigenvalue weighted by atomic mass is 10.1. The van der Waals surface area contributed by atoms with Crippen LogP contribution in [0.25, 0.3) is 0 Å². The van der Waals surface area contributed by atoms with Crippen LogP contribution in [0.2, 0.25) is 0 Å². The van der Waals surface area contributed by atoms with Crippen LogP contribution in [0.1, 0.15) is 33.6 Å². The molecule has 0 aromatic heterocycles. The van der Waals surface area contributed by atoms with Gasteiger partial charge in [-0.25, -0.2) is 9.18 Å². The fourth-order valence-corrected chi connectivity index (χ4v) is 3.45. The Morgan fingerprint density at radius 2 is 2.00 bits per heavy atom. The quantitative estimate of drug-likeness (QED) is 0.815. The number of hydrogen-bond donors (Lipinski definition) is 0. The summed E-state index contributed by atoms with van der Waals surface area (Å²) in [4.78, 5) is 14.9. The van der Waals surface area contributed by atoms with Crippen molar-refractivity contribution in [2.75, 3.05) is 13.1 Å². The number of ether oxygens (including phenoxy) is 1. The van der Waals surface area contributed by atoms with Gasteiger partial charge in [0.2, 0.25) is 0 Å². The second-order valence-electron chi connectivity index (χ2n) is 6.26. The van der Waals surface area contributed by atoms with Crippen LogP contribution in [0.15, 0.2) is 29.2 Å². The molecule has 116 valence electrons. The van der Waals surface area contributed by atoms with Gasteiger partial charge in [-0.15, -0.1) is 11.8 Å². The molecule has 3 nitrogen and oxygen atoms in total. The highest BCUT2D eigenvalue weighted by Crippen LogP contribution is 2.30. The highest BCUT2D eigenvalue weighted by Gasteiger charge is 2.28. The lowest BCUT2D eigenvalue weighted by molar-refractivity contribution is 0.0220. The number of carbonyl (C=O) groups is 1. The molecule has 0 bridgehead atoms. The van der Waals surface area contributed by atoms with E-state index >= 15 is 0 Å². The Balaban J connectivity index is 1.91. The van der Waals surface area contributed by atoms with Gasteiger partial charge in [0, 0.05) is 23.2 Å². The molecular weight excluding hydrogens is 289 g/mol. The molecule has 1 aromatic rings. The molecule has 21 heavy (non-hydrogen) atoms. The molecule has 1 fully saturated rings. The number of halogens is 1. The minimum atomic E-state index is -0.464. The van der Waals surface area contributed by atoms with Gasteiger partial charge < -0.3 is 9.64 Å². The number of hydrogen-bond acceptors (Lipinski definition) is 3. The minimum absolute atomic E-state index is 0.224. The molecule has 5 heteroatoms. The summed E-state index contributed by atoms with van der Waals surface area (Å²) in [5.41, 5.74) is -0.464. The Morgan fingerprint density at radius 1 is 1.33 bits per heavy atom. The van der Waals surface area contributed by atoms with E-state index in [0.717, 1.165) is 24.3 Å². The second kappa shape index (κ2) is 6.69. The molecule has 0 saturated carbocycles. The van der Waals surface area contributed by atoms with Crippen molar-refractivity contribution in [1.82, 2.24) is 4.90 Å². The first-order valence-corrected chi connectivity index (χ1v) is 8.11. The fraction of sp³-hybridized carbons (Fsp3) is 0.562. The van der Waals surface area contributed by atoms with Crippen LogP contribution in [0, 0.1) is 5.82 Å². The van der Waals surface area contributed by atoms with E-state index in [1.54, 1.807) is 28.8 Å². The van der Waals surface area contributed by atoms with Gasteiger partial charge in [-0.1, -0.05) is 0 Å². The largest absolute Gasteiger partial charge is 0.444 e. The molecule has 0 spiro atoms. The highest BCUT2D eigenvalue weighted by molar-refractivity contribution is 8.00. The van der Waals surface area contributed by atoms with E-state index in [1.807, 2.05) is 20.8 Å². The van der Waals surface area contributed by atoms with Gasteiger partial charge in [0.25, 0.3) is 0 Å². The average molecular weight is 311 g/mol. The molecule has 1 atom stereocenters. The van der Waals surface area contributed by atoms with E-state index in [0.29, 0.717) is 11.8 Å². The van der Waals surface area contributed by atoms with Crippen molar-refractivity contribution in [3.8, 4) is 0 Å². The van der Waals surface area contributed by atoms with Crippen molar-refractivity contribution in [2.24, 2.45) is 0 Å². The normalized spacial score (nSPS) is 19.4. The molecule has 1 aromatic carbocycles. The molecule has 1 amide bonds. The standard InChI is InChI=1S/C16H22FNO2S/c1-16(2,3)20-15(19)18-10-4-5-14(11-18)21-13-8-6-12(17)7-9-13/h6-9,14H,4-5,10-11H2,1-3H3. The number of rotatable bonds is 2. The number of likely N-dealkylation sites (tertiary alicyclic amines) is 1. The van der Waals surface area contributed by atoms with Crippen LogP contribution >= 0.6 is 11.8 Å². The van der Waals surface area contributed by atoms with E-state index in [4.69, 9.17) is 4.74 Å². The van der Waals surface area contributed by atoms with Gasteiger partial charge in [-0.05, 0) is 57.9 Å². The number of piperidine rings is 1. The predicted molar refractivity (Wildman–Crippen MR) is 83.1 cm³/mol. The molecule has 1 aliphatic rings. The van der Waals surface area contributed by atoms with Crippen molar-refractivity contribution < 1.29 is 13.9 Å². The van der Waals surface area contributed by atoms with Gasteiger partial charge in [0.1, 0.15) is 11.4 Å². The maximum Gasteiger partial charge on any atom is 0.410 e. The zero-order chi connectivity index (χ0) is 15.5. The molecule has 1 saturated heterocycles. The summed E-state index contributed by atoms with van der Waals surface area (Å²) in [6.07, 6.45) is 1.78. The zero-order valence-corrected chi connectivity index (χ0v) is 13.6. The number of amides is 1. The first kappa shape index (κ1) is 16.1. The molecule has 1 aliphatic heterocycles. The Hall–Kier alpha value is -1.23. The van der Waals surface area contributed by atoms with Crippen LogP contribution in [0.5, 0.6) is 0 Å². The summed E-state index contributed by atoms with van der Waals surface area (Å²) in [5, 5.41) is 0.330. The van der Waals surface area contributed by atoms with Crippen LogP contribution in [0.3, 0.4) is 0 Å². The van der Waals surface area contributed by atoms with E-state index in [9.17, 15) is 9.18 Å². The maximum absolute atomic E-state index is 12.9. The topological polar surface area (TPSA) is 29.5 Å².